The van der Waals surface area contributed by atoms with Crippen LogP contribution in [-0.4, -0.2) is 20.1 Å². The number of hydrogen-bond acceptors (Lipinski definition) is 4. The third-order valence-corrected chi connectivity index (χ3v) is 4.43. The molecule has 0 saturated heterocycles. The maximum atomic E-state index is 12.4. The number of phenolic OH excluding ortho intramolecular Hbond substituents is 1. The van der Waals surface area contributed by atoms with Gasteiger partial charge < -0.3 is 10.4 Å². The highest BCUT2D eigenvalue weighted by Crippen LogP contribution is 2.23. The van der Waals surface area contributed by atoms with Gasteiger partial charge in [-0.3, -0.25) is 18.7 Å². The van der Waals surface area contributed by atoms with Crippen molar-refractivity contribution in [1.82, 2.24) is 9.13 Å². The highest BCUT2D eigenvalue weighted by atomic mass is 16.3. The van der Waals surface area contributed by atoms with Crippen LogP contribution in [0.2, 0.25) is 0 Å². The van der Waals surface area contributed by atoms with E-state index in [0.29, 0.717) is 0 Å². The second-order valence-corrected chi connectivity index (χ2v) is 6.47. The quantitative estimate of drug-likeness (QED) is 0.711. The zero-order chi connectivity index (χ0) is 20.3. The summed E-state index contributed by atoms with van der Waals surface area (Å²) in [6.07, 6.45) is 1.61. The van der Waals surface area contributed by atoms with Gasteiger partial charge in [-0.2, -0.15) is 0 Å². The zero-order valence-corrected chi connectivity index (χ0v) is 15.7. The number of aromatic nitrogens is 2. The largest absolute Gasteiger partial charge is 0.508 e. The third-order valence-electron chi connectivity index (χ3n) is 4.43. The molecule has 2 aromatic carbocycles. The van der Waals surface area contributed by atoms with Crippen LogP contribution in [0.1, 0.15) is 18.9 Å². The summed E-state index contributed by atoms with van der Waals surface area (Å²) in [5.41, 5.74) is 1.75. The molecule has 1 amide bonds. The molecule has 0 saturated carbocycles. The van der Waals surface area contributed by atoms with E-state index in [2.05, 4.69) is 5.32 Å². The van der Waals surface area contributed by atoms with Gasteiger partial charge in [-0.1, -0.05) is 43.3 Å². The van der Waals surface area contributed by atoms with Gasteiger partial charge in [0.15, 0.2) is 0 Å². The van der Waals surface area contributed by atoms with Crippen molar-refractivity contribution in [2.75, 3.05) is 5.32 Å². The van der Waals surface area contributed by atoms with Crippen molar-refractivity contribution in [3.8, 4) is 16.9 Å². The summed E-state index contributed by atoms with van der Waals surface area (Å²) in [6, 6.07) is 14.5. The van der Waals surface area contributed by atoms with E-state index in [1.807, 2.05) is 30.3 Å². The molecule has 0 radical (unpaired) electrons. The minimum Gasteiger partial charge on any atom is -0.508 e. The normalized spacial score (nSPS) is 10.6. The predicted octanol–water partition coefficient (Wildman–Crippen LogP) is 2.32. The van der Waals surface area contributed by atoms with Crippen LogP contribution in [0.3, 0.4) is 0 Å². The molecule has 1 heterocycles. The molecule has 2 N–H and O–H groups in total. The zero-order valence-electron chi connectivity index (χ0n) is 15.7. The average Bonchev–Trinajstić information content (AvgIpc) is 2.70. The fourth-order valence-corrected chi connectivity index (χ4v) is 2.85. The summed E-state index contributed by atoms with van der Waals surface area (Å²) >= 11 is 0. The number of rotatable bonds is 5. The van der Waals surface area contributed by atoms with Crippen molar-refractivity contribution in [3.63, 3.8) is 0 Å². The number of phenols is 1. The Balaban J connectivity index is 1.90. The van der Waals surface area contributed by atoms with Crippen LogP contribution in [0.5, 0.6) is 5.75 Å². The number of anilines is 1. The van der Waals surface area contributed by atoms with Crippen molar-refractivity contribution in [2.24, 2.45) is 7.05 Å². The van der Waals surface area contributed by atoms with Crippen molar-refractivity contribution < 1.29 is 9.90 Å². The van der Waals surface area contributed by atoms with E-state index in [1.165, 1.54) is 17.8 Å². The Bertz CT molecular complexity index is 1130. The number of benzene rings is 2. The fourth-order valence-electron chi connectivity index (χ4n) is 2.85. The van der Waals surface area contributed by atoms with Crippen LogP contribution >= 0.6 is 0 Å². The highest BCUT2D eigenvalue weighted by molar-refractivity contribution is 5.90. The summed E-state index contributed by atoms with van der Waals surface area (Å²) in [5, 5.41) is 12.1. The lowest BCUT2D eigenvalue weighted by Gasteiger charge is -2.12. The molecule has 7 nitrogen and oxygen atoms in total. The van der Waals surface area contributed by atoms with E-state index in [9.17, 15) is 19.5 Å². The minimum atomic E-state index is -0.540. The lowest BCUT2D eigenvalue weighted by Crippen LogP contribution is -2.39. The Morgan fingerprint density at radius 2 is 1.79 bits per heavy atom. The summed E-state index contributed by atoms with van der Waals surface area (Å²) in [4.78, 5) is 36.2. The van der Waals surface area contributed by atoms with Crippen LogP contribution in [0.25, 0.3) is 11.1 Å². The first-order valence-electron chi connectivity index (χ1n) is 8.87. The minimum absolute atomic E-state index is 0.0744. The maximum Gasteiger partial charge on any atom is 0.331 e. The summed E-state index contributed by atoms with van der Waals surface area (Å²) in [5.74, 6) is -0.0993. The fraction of sp³-hybridized carbons (Fsp3) is 0.190. The van der Waals surface area contributed by atoms with Gasteiger partial charge in [0.05, 0.1) is 6.54 Å². The SMILES string of the molecule is CCC(=O)Nc1cn(Cc2ccc(-c3cccc(O)c3)cc2)c(=O)n(C)c1=O. The lowest BCUT2D eigenvalue weighted by molar-refractivity contribution is -0.115. The first kappa shape index (κ1) is 19.2. The van der Waals surface area contributed by atoms with Crippen LogP contribution < -0.4 is 16.6 Å². The molecule has 0 bridgehead atoms. The second-order valence-electron chi connectivity index (χ2n) is 6.47. The summed E-state index contributed by atoms with van der Waals surface area (Å²) < 4.78 is 2.36. The van der Waals surface area contributed by atoms with Crippen molar-refractivity contribution in [2.45, 2.75) is 19.9 Å². The molecule has 0 aliphatic carbocycles. The monoisotopic (exact) mass is 379 g/mol. The molecule has 0 aliphatic rings. The topological polar surface area (TPSA) is 93.3 Å². The predicted molar refractivity (Wildman–Crippen MR) is 108 cm³/mol. The van der Waals surface area contributed by atoms with Gasteiger partial charge in [-0.05, 0) is 28.8 Å². The van der Waals surface area contributed by atoms with Crippen molar-refractivity contribution >= 4 is 11.6 Å². The smallest absolute Gasteiger partial charge is 0.331 e. The number of nitrogens with one attached hydrogen (secondary N) is 1. The molecule has 28 heavy (non-hydrogen) atoms. The van der Waals surface area contributed by atoms with Crippen molar-refractivity contribution in [1.29, 1.82) is 0 Å². The number of carbonyl (C=O) groups excluding carboxylic acids is 1. The van der Waals surface area contributed by atoms with Gasteiger partial charge in [0, 0.05) is 19.7 Å². The lowest BCUT2D eigenvalue weighted by atomic mass is 10.0. The van der Waals surface area contributed by atoms with Crippen LogP contribution in [0, 0.1) is 0 Å². The molecule has 0 spiro atoms. The van der Waals surface area contributed by atoms with Gasteiger partial charge in [0.2, 0.25) is 5.91 Å². The van der Waals surface area contributed by atoms with E-state index in [-0.39, 0.29) is 30.3 Å². The Morgan fingerprint density at radius 3 is 2.43 bits per heavy atom. The number of nitrogens with zero attached hydrogens (tertiary/aromatic N) is 2. The second kappa shape index (κ2) is 7.96. The maximum absolute atomic E-state index is 12.4. The Morgan fingerprint density at radius 1 is 1.07 bits per heavy atom. The highest BCUT2D eigenvalue weighted by Gasteiger charge is 2.11. The Kier molecular flexibility index (Phi) is 5.44. The molecular weight excluding hydrogens is 358 g/mol. The standard InChI is InChI=1S/C21H21N3O4/c1-3-19(26)22-18-13-24(21(28)23(2)20(18)27)12-14-7-9-15(10-8-14)16-5-4-6-17(25)11-16/h4-11,13,25H,3,12H2,1-2H3,(H,22,26). The van der Waals surface area contributed by atoms with E-state index >= 15 is 0 Å². The van der Waals surface area contributed by atoms with E-state index < -0.39 is 11.2 Å². The molecule has 3 rings (SSSR count). The average molecular weight is 379 g/mol. The van der Waals surface area contributed by atoms with Crippen molar-refractivity contribution in [3.05, 3.63) is 81.1 Å². The first-order chi connectivity index (χ1) is 13.4. The first-order valence-corrected chi connectivity index (χ1v) is 8.87. The number of carbonyl (C=O) groups is 1. The number of aromatic hydroxyl groups is 1. The van der Waals surface area contributed by atoms with Crippen LogP contribution in [0.4, 0.5) is 5.69 Å². The van der Waals surface area contributed by atoms with E-state index in [4.69, 9.17) is 0 Å². The third kappa shape index (κ3) is 4.03. The molecule has 3 aromatic rings. The van der Waals surface area contributed by atoms with Gasteiger partial charge in [-0.15, -0.1) is 0 Å². The number of amides is 1. The van der Waals surface area contributed by atoms with Gasteiger partial charge in [0.25, 0.3) is 5.56 Å². The molecule has 0 fully saturated rings. The van der Waals surface area contributed by atoms with Gasteiger partial charge in [0.1, 0.15) is 11.4 Å². The Labute approximate surface area is 161 Å². The molecule has 0 aliphatic heterocycles. The van der Waals surface area contributed by atoms with E-state index in [1.54, 1.807) is 25.1 Å². The molecular formula is C21H21N3O4. The summed E-state index contributed by atoms with van der Waals surface area (Å²) in [7, 11) is 1.38. The Hall–Kier alpha value is -3.61. The van der Waals surface area contributed by atoms with E-state index in [0.717, 1.165) is 21.3 Å². The van der Waals surface area contributed by atoms with Crippen LogP contribution in [-0.2, 0) is 18.4 Å². The van der Waals surface area contributed by atoms with Gasteiger partial charge >= 0.3 is 5.69 Å². The van der Waals surface area contributed by atoms with Crippen LogP contribution in [0.15, 0.2) is 64.3 Å². The molecule has 0 atom stereocenters. The summed E-state index contributed by atoms with van der Waals surface area (Å²) in [6.45, 7) is 1.94. The van der Waals surface area contributed by atoms with Gasteiger partial charge in [-0.25, -0.2) is 4.79 Å². The molecule has 0 unspecified atom stereocenters. The molecule has 144 valence electrons. The molecule has 7 heteroatoms. The molecule has 1 aromatic heterocycles. The number of hydrogen-bond donors (Lipinski definition) is 2.